The van der Waals surface area contributed by atoms with Crippen LogP contribution in [-0.2, 0) is 11.3 Å². The van der Waals surface area contributed by atoms with Crippen LogP contribution >= 0.6 is 11.3 Å². The fourth-order valence-corrected chi connectivity index (χ4v) is 4.37. The SMILES string of the molecule is O=C(Nc1ccc(CN2CCOCC2)cc1)c1sc2ncnc3c2c1NC=N3. The molecule has 0 bridgehead atoms. The number of nitrogens with zero attached hydrogens (tertiary/aromatic N) is 4. The zero-order valence-corrected chi connectivity index (χ0v) is 15.8. The van der Waals surface area contributed by atoms with E-state index in [1.165, 1.54) is 23.2 Å². The Labute approximate surface area is 165 Å². The van der Waals surface area contributed by atoms with Crippen molar-refractivity contribution in [1.29, 1.82) is 0 Å². The molecule has 0 saturated carbocycles. The van der Waals surface area contributed by atoms with Gasteiger partial charge < -0.3 is 15.4 Å². The summed E-state index contributed by atoms with van der Waals surface area (Å²) >= 11 is 1.33. The number of amides is 1. The highest BCUT2D eigenvalue weighted by molar-refractivity contribution is 7.21. The first kappa shape index (κ1) is 17.2. The van der Waals surface area contributed by atoms with E-state index >= 15 is 0 Å². The summed E-state index contributed by atoms with van der Waals surface area (Å²) in [5, 5.41) is 6.83. The Kier molecular flexibility index (Phi) is 4.47. The molecule has 2 aromatic heterocycles. The number of benzene rings is 1. The number of morpholine rings is 1. The zero-order chi connectivity index (χ0) is 18.9. The lowest BCUT2D eigenvalue weighted by molar-refractivity contribution is 0.0342. The molecule has 0 aliphatic carbocycles. The maximum absolute atomic E-state index is 12.8. The Morgan fingerprint density at radius 3 is 2.86 bits per heavy atom. The van der Waals surface area contributed by atoms with E-state index < -0.39 is 0 Å². The van der Waals surface area contributed by atoms with Gasteiger partial charge in [-0.2, -0.15) is 0 Å². The average Bonchev–Trinajstić information content (AvgIpc) is 3.11. The standard InChI is InChI=1S/C19H18N6O2S/c26-18(16-15-14-17(21-10-20-15)22-11-23-19(14)28-16)24-13-3-1-12(2-4-13)9-25-5-7-27-8-6-25/h1-4,10-11H,5-9H2,(H,24,26)(H,20,21,22,23). The molecule has 1 amide bonds. The van der Waals surface area contributed by atoms with Gasteiger partial charge in [0.1, 0.15) is 16.0 Å². The van der Waals surface area contributed by atoms with E-state index in [9.17, 15) is 4.79 Å². The topological polar surface area (TPSA) is 91.7 Å². The Bertz CT molecular complexity index is 1060. The van der Waals surface area contributed by atoms with Gasteiger partial charge in [0.05, 0.1) is 30.6 Å². The predicted octanol–water partition coefficient (Wildman–Crippen LogP) is 2.86. The largest absolute Gasteiger partial charge is 0.379 e. The molecule has 0 atom stereocenters. The summed E-state index contributed by atoms with van der Waals surface area (Å²) in [6, 6.07) is 7.97. The summed E-state index contributed by atoms with van der Waals surface area (Å²) in [6.45, 7) is 4.37. The van der Waals surface area contributed by atoms with Crippen LogP contribution in [0.25, 0.3) is 10.2 Å². The lowest BCUT2D eigenvalue weighted by Gasteiger charge is -2.26. The number of rotatable bonds is 4. The number of hydrogen-bond acceptors (Lipinski definition) is 8. The third-order valence-corrected chi connectivity index (χ3v) is 5.89. The zero-order valence-electron chi connectivity index (χ0n) is 15.0. The highest BCUT2D eigenvalue weighted by Gasteiger charge is 2.23. The van der Waals surface area contributed by atoms with Gasteiger partial charge in [-0.25, -0.2) is 15.0 Å². The molecule has 2 aliphatic rings. The number of hydrogen-bond donors (Lipinski definition) is 2. The van der Waals surface area contributed by atoms with Crippen molar-refractivity contribution in [3.05, 3.63) is 41.0 Å². The smallest absolute Gasteiger partial charge is 0.267 e. The van der Waals surface area contributed by atoms with Gasteiger partial charge in [-0.1, -0.05) is 12.1 Å². The Balaban J connectivity index is 1.32. The molecule has 0 radical (unpaired) electrons. The van der Waals surface area contributed by atoms with Crippen molar-refractivity contribution in [3.8, 4) is 0 Å². The lowest BCUT2D eigenvalue weighted by Crippen LogP contribution is -2.35. The summed E-state index contributed by atoms with van der Waals surface area (Å²) in [5.74, 6) is 0.411. The van der Waals surface area contributed by atoms with E-state index in [1.54, 1.807) is 6.34 Å². The third kappa shape index (κ3) is 3.24. The molecule has 2 N–H and O–H groups in total. The van der Waals surface area contributed by atoms with Gasteiger partial charge in [0.25, 0.3) is 5.91 Å². The van der Waals surface area contributed by atoms with Gasteiger partial charge in [0.15, 0.2) is 5.82 Å². The number of carbonyl (C=O) groups excluding carboxylic acids is 1. The van der Waals surface area contributed by atoms with Crippen molar-refractivity contribution in [2.24, 2.45) is 4.99 Å². The maximum Gasteiger partial charge on any atom is 0.267 e. The van der Waals surface area contributed by atoms with E-state index in [-0.39, 0.29) is 5.91 Å². The first-order valence-corrected chi connectivity index (χ1v) is 9.86. The minimum absolute atomic E-state index is 0.173. The number of aliphatic imine (C=N–C) groups is 1. The summed E-state index contributed by atoms with van der Waals surface area (Å²) in [6.07, 6.45) is 3.02. The summed E-state index contributed by atoms with van der Waals surface area (Å²) in [7, 11) is 0. The molecule has 1 fully saturated rings. The Morgan fingerprint density at radius 1 is 1.21 bits per heavy atom. The van der Waals surface area contributed by atoms with E-state index in [2.05, 4.69) is 42.6 Å². The molecule has 3 aromatic rings. The fourth-order valence-electron chi connectivity index (χ4n) is 3.37. The summed E-state index contributed by atoms with van der Waals surface area (Å²) in [5.41, 5.74) is 2.69. The van der Waals surface area contributed by atoms with Gasteiger partial charge in [-0.3, -0.25) is 9.69 Å². The van der Waals surface area contributed by atoms with Crippen molar-refractivity contribution in [2.75, 3.05) is 36.9 Å². The van der Waals surface area contributed by atoms with Gasteiger partial charge >= 0.3 is 0 Å². The molecular weight excluding hydrogens is 376 g/mol. The molecule has 5 rings (SSSR count). The molecule has 2 aliphatic heterocycles. The normalized spacial score (nSPS) is 16.1. The number of thiophene rings is 1. The van der Waals surface area contributed by atoms with Crippen LogP contribution in [0.15, 0.2) is 35.6 Å². The first-order valence-electron chi connectivity index (χ1n) is 9.05. The fraction of sp³-hybridized carbons (Fsp3) is 0.263. The van der Waals surface area contributed by atoms with Crippen LogP contribution in [0.1, 0.15) is 15.2 Å². The van der Waals surface area contributed by atoms with Crippen molar-refractivity contribution < 1.29 is 9.53 Å². The van der Waals surface area contributed by atoms with Crippen LogP contribution in [0.4, 0.5) is 17.2 Å². The highest BCUT2D eigenvalue weighted by atomic mass is 32.1. The number of ether oxygens (including phenoxy) is 1. The van der Waals surface area contributed by atoms with E-state index in [0.717, 1.165) is 48.8 Å². The highest BCUT2D eigenvalue weighted by Crippen LogP contribution is 2.40. The van der Waals surface area contributed by atoms with Crippen molar-refractivity contribution in [3.63, 3.8) is 0 Å². The van der Waals surface area contributed by atoms with Gasteiger partial charge in [-0.05, 0) is 17.7 Å². The quantitative estimate of drug-likeness (QED) is 0.707. The number of anilines is 2. The number of aromatic nitrogens is 2. The van der Waals surface area contributed by atoms with E-state index in [4.69, 9.17) is 4.74 Å². The van der Waals surface area contributed by atoms with E-state index in [0.29, 0.717) is 16.4 Å². The second-order valence-corrected chi connectivity index (χ2v) is 7.62. The molecule has 0 unspecified atom stereocenters. The van der Waals surface area contributed by atoms with Crippen molar-refractivity contribution in [2.45, 2.75) is 6.54 Å². The number of nitrogens with one attached hydrogen (secondary N) is 2. The minimum Gasteiger partial charge on any atom is -0.379 e. The summed E-state index contributed by atoms with van der Waals surface area (Å²) in [4.78, 5) is 29.2. The predicted molar refractivity (Wildman–Crippen MR) is 110 cm³/mol. The van der Waals surface area contributed by atoms with Crippen LogP contribution in [0.3, 0.4) is 0 Å². The van der Waals surface area contributed by atoms with Crippen LogP contribution in [0.2, 0.25) is 0 Å². The number of carbonyl (C=O) groups is 1. The first-order chi connectivity index (χ1) is 13.8. The van der Waals surface area contributed by atoms with Crippen LogP contribution < -0.4 is 10.6 Å². The Morgan fingerprint density at radius 2 is 2.04 bits per heavy atom. The Hall–Kier alpha value is -2.88. The van der Waals surface area contributed by atoms with Crippen molar-refractivity contribution >= 4 is 51.0 Å². The van der Waals surface area contributed by atoms with Crippen LogP contribution in [0.5, 0.6) is 0 Å². The van der Waals surface area contributed by atoms with Gasteiger partial charge in [0.2, 0.25) is 0 Å². The molecular formula is C19H18N6O2S. The minimum atomic E-state index is -0.173. The molecule has 4 heterocycles. The molecule has 1 saturated heterocycles. The molecule has 9 heteroatoms. The van der Waals surface area contributed by atoms with Gasteiger partial charge in [-0.15, -0.1) is 11.3 Å². The molecule has 8 nitrogen and oxygen atoms in total. The average molecular weight is 394 g/mol. The third-order valence-electron chi connectivity index (χ3n) is 4.79. The van der Waals surface area contributed by atoms with E-state index in [1.807, 2.05) is 12.1 Å². The second-order valence-electron chi connectivity index (χ2n) is 6.63. The molecule has 0 spiro atoms. The molecule has 142 valence electrons. The molecule has 28 heavy (non-hydrogen) atoms. The molecule has 1 aromatic carbocycles. The monoisotopic (exact) mass is 394 g/mol. The second kappa shape index (κ2) is 7.27. The van der Waals surface area contributed by atoms with Crippen LogP contribution in [0, 0.1) is 0 Å². The summed E-state index contributed by atoms with van der Waals surface area (Å²) < 4.78 is 5.38. The van der Waals surface area contributed by atoms with Crippen molar-refractivity contribution in [1.82, 2.24) is 14.9 Å². The maximum atomic E-state index is 12.8. The van der Waals surface area contributed by atoms with Gasteiger partial charge in [0, 0.05) is 25.3 Å². The van der Waals surface area contributed by atoms with Crippen LogP contribution in [-0.4, -0.2) is 53.4 Å². The lowest BCUT2D eigenvalue weighted by atomic mass is 10.2.